The third-order valence-electron chi connectivity index (χ3n) is 3.91. The fourth-order valence-electron chi connectivity index (χ4n) is 2.56. The summed E-state index contributed by atoms with van der Waals surface area (Å²) in [7, 11) is 1.56. The Kier molecular flexibility index (Phi) is 5.78. The molecule has 0 unspecified atom stereocenters. The zero-order valence-electron chi connectivity index (χ0n) is 14.6. The Hall–Kier alpha value is -3.25. The molecule has 0 saturated carbocycles. The second-order valence-corrected chi connectivity index (χ2v) is 6.13. The maximum Gasteiger partial charge on any atom is 0.338 e. The normalized spacial score (nSPS) is 10.1. The number of hydrogen-bond donors (Lipinski definition) is 2. The standard InChI is InChI=1S/C21H18N2O3S/c1-26-19-13-17(15-8-4-2-5-9-15)12-18(14-19)22-21(25)23(27)20(24)16-10-6-3-7-11-16/h2-14,27H,1H3,(H,22,25). The Morgan fingerprint density at radius 1 is 0.889 bits per heavy atom. The molecular formula is C21H18N2O3S. The Labute approximate surface area is 163 Å². The van der Waals surface area contributed by atoms with Gasteiger partial charge in [-0.3, -0.25) is 4.79 Å². The molecule has 3 aromatic rings. The van der Waals surface area contributed by atoms with Gasteiger partial charge in [-0.05, 0) is 35.4 Å². The molecule has 3 rings (SSSR count). The summed E-state index contributed by atoms with van der Waals surface area (Å²) in [5.74, 6) is 0.0781. The lowest BCUT2D eigenvalue weighted by atomic mass is 10.0. The minimum Gasteiger partial charge on any atom is -0.497 e. The van der Waals surface area contributed by atoms with Gasteiger partial charge in [0.2, 0.25) is 0 Å². The topological polar surface area (TPSA) is 58.6 Å². The summed E-state index contributed by atoms with van der Waals surface area (Å²) in [5.41, 5.74) is 2.73. The molecule has 0 radical (unpaired) electrons. The van der Waals surface area contributed by atoms with Crippen LogP contribution >= 0.6 is 12.8 Å². The van der Waals surface area contributed by atoms with Crippen molar-refractivity contribution >= 4 is 30.4 Å². The third-order valence-corrected chi connectivity index (χ3v) is 4.27. The van der Waals surface area contributed by atoms with Crippen LogP contribution in [0.2, 0.25) is 0 Å². The van der Waals surface area contributed by atoms with Crippen LogP contribution in [0.4, 0.5) is 10.5 Å². The van der Waals surface area contributed by atoms with Gasteiger partial charge in [-0.25, -0.2) is 9.10 Å². The number of imide groups is 1. The number of carbonyl (C=O) groups excluding carboxylic acids is 2. The molecule has 0 heterocycles. The first-order valence-corrected chi connectivity index (χ1v) is 8.62. The molecule has 0 aliphatic rings. The van der Waals surface area contributed by atoms with Gasteiger partial charge in [0.05, 0.1) is 7.11 Å². The van der Waals surface area contributed by atoms with Crippen LogP contribution in [0.3, 0.4) is 0 Å². The molecule has 3 aromatic carbocycles. The average Bonchev–Trinajstić information content (AvgIpc) is 2.73. The zero-order valence-corrected chi connectivity index (χ0v) is 15.5. The number of amides is 3. The Bertz CT molecular complexity index is 946. The molecule has 0 aliphatic carbocycles. The summed E-state index contributed by atoms with van der Waals surface area (Å²) in [6, 6.07) is 22.9. The number of benzene rings is 3. The van der Waals surface area contributed by atoms with Crippen molar-refractivity contribution in [1.82, 2.24) is 4.31 Å². The minimum atomic E-state index is -0.653. The molecule has 0 saturated heterocycles. The molecule has 5 nitrogen and oxygen atoms in total. The monoisotopic (exact) mass is 378 g/mol. The highest BCUT2D eigenvalue weighted by Crippen LogP contribution is 2.28. The van der Waals surface area contributed by atoms with E-state index in [9.17, 15) is 9.59 Å². The number of thiol groups is 1. The van der Waals surface area contributed by atoms with Gasteiger partial charge in [-0.2, -0.15) is 0 Å². The number of methoxy groups -OCH3 is 1. The fraction of sp³-hybridized carbons (Fsp3) is 0.0476. The second-order valence-electron chi connectivity index (χ2n) is 5.73. The second kappa shape index (κ2) is 8.42. The van der Waals surface area contributed by atoms with Crippen LogP contribution in [-0.2, 0) is 0 Å². The van der Waals surface area contributed by atoms with Crippen LogP contribution in [0.15, 0.2) is 78.9 Å². The van der Waals surface area contributed by atoms with E-state index >= 15 is 0 Å². The molecule has 0 aromatic heterocycles. The largest absolute Gasteiger partial charge is 0.497 e. The Morgan fingerprint density at radius 2 is 1.52 bits per heavy atom. The van der Waals surface area contributed by atoms with Crippen LogP contribution in [0, 0.1) is 0 Å². The predicted molar refractivity (Wildman–Crippen MR) is 109 cm³/mol. The van der Waals surface area contributed by atoms with E-state index in [0.29, 0.717) is 17.0 Å². The van der Waals surface area contributed by atoms with E-state index in [2.05, 4.69) is 18.1 Å². The number of urea groups is 1. The number of hydrogen-bond acceptors (Lipinski definition) is 4. The van der Waals surface area contributed by atoms with Crippen LogP contribution in [0.1, 0.15) is 10.4 Å². The smallest absolute Gasteiger partial charge is 0.338 e. The van der Waals surface area contributed by atoms with Gasteiger partial charge in [-0.1, -0.05) is 61.3 Å². The molecule has 0 aliphatic heterocycles. The summed E-state index contributed by atoms with van der Waals surface area (Å²) in [6.07, 6.45) is 0. The highest BCUT2D eigenvalue weighted by molar-refractivity contribution is 7.79. The molecule has 1 N–H and O–H groups in total. The maximum absolute atomic E-state index is 12.5. The molecule has 3 amide bonds. The first-order valence-electron chi connectivity index (χ1n) is 8.22. The molecule has 27 heavy (non-hydrogen) atoms. The number of anilines is 1. The molecule has 0 atom stereocenters. The van der Waals surface area contributed by atoms with E-state index in [0.717, 1.165) is 15.4 Å². The highest BCUT2D eigenvalue weighted by Gasteiger charge is 2.20. The fourth-order valence-corrected chi connectivity index (χ4v) is 2.72. The summed E-state index contributed by atoms with van der Waals surface area (Å²) in [5, 5.41) is 2.69. The van der Waals surface area contributed by atoms with Crippen molar-refractivity contribution in [2.24, 2.45) is 0 Å². The Balaban J connectivity index is 1.82. The van der Waals surface area contributed by atoms with E-state index < -0.39 is 11.9 Å². The van der Waals surface area contributed by atoms with E-state index in [-0.39, 0.29) is 0 Å². The maximum atomic E-state index is 12.5. The van der Waals surface area contributed by atoms with Crippen molar-refractivity contribution in [2.45, 2.75) is 0 Å². The van der Waals surface area contributed by atoms with Crippen LogP contribution in [-0.4, -0.2) is 23.4 Å². The summed E-state index contributed by atoms with van der Waals surface area (Å²) in [4.78, 5) is 24.8. The molecular weight excluding hydrogens is 360 g/mol. The summed E-state index contributed by atoms with van der Waals surface area (Å²) >= 11 is 4.05. The molecule has 0 spiro atoms. The minimum absolute atomic E-state index is 0.373. The summed E-state index contributed by atoms with van der Waals surface area (Å²) < 4.78 is 6.07. The van der Waals surface area contributed by atoms with Crippen molar-refractivity contribution in [3.63, 3.8) is 0 Å². The lowest BCUT2D eigenvalue weighted by molar-refractivity contribution is 0.0902. The number of ether oxygens (including phenoxy) is 1. The molecule has 0 fully saturated rings. The van der Waals surface area contributed by atoms with Crippen molar-refractivity contribution in [3.8, 4) is 16.9 Å². The predicted octanol–water partition coefficient (Wildman–Crippen LogP) is 4.88. The van der Waals surface area contributed by atoms with Crippen LogP contribution in [0.25, 0.3) is 11.1 Å². The molecule has 0 bridgehead atoms. The average molecular weight is 378 g/mol. The highest BCUT2D eigenvalue weighted by atomic mass is 32.1. The van der Waals surface area contributed by atoms with E-state index in [1.807, 2.05) is 42.5 Å². The lowest BCUT2D eigenvalue weighted by Crippen LogP contribution is -2.32. The number of rotatable bonds is 4. The van der Waals surface area contributed by atoms with Crippen molar-refractivity contribution in [2.75, 3.05) is 12.4 Å². The van der Waals surface area contributed by atoms with Crippen molar-refractivity contribution in [1.29, 1.82) is 0 Å². The van der Waals surface area contributed by atoms with E-state index in [1.165, 1.54) is 0 Å². The van der Waals surface area contributed by atoms with Crippen LogP contribution < -0.4 is 10.1 Å². The molecule has 6 heteroatoms. The quantitative estimate of drug-likeness (QED) is 0.636. The molecule has 136 valence electrons. The Morgan fingerprint density at radius 3 is 2.15 bits per heavy atom. The van der Waals surface area contributed by atoms with Gasteiger partial charge in [0.1, 0.15) is 5.75 Å². The number of nitrogens with one attached hydrogen (secondary N) is 1. The van der Waals surface area contributed by atoms with Gasteiger partial charge in [0.25, 0.3) is 5.91 Å². The lowest BCUT2D eigenvalue weighted by Gasteiger charge is -2.16. The van der Waals surface area contributed by atoms with Crippen molar-refractivity contribution < 1.29 is 14.3 Å². The first-order chi connectivity index (χ1) is 13.1. The third kappa shape index (κ3) is 4.48. The number of nitrogens with zero attached hydrogens (tertiary/aromatic N) is 1. The van der Waals surface area contributed by atoms with Gasteiger partial charge in [0.15, 0.2) is 0 Å². The van der Waals surface area contributed by atoms with E-state index in [4.69, 9.17) is 4.74 Å². The zero-order chi connectivity index (χ0) is 19.2. The van der Waals surface area contributed by atoms with E-state index in [1.54, 1.807) is 43.5 Å². The van der Waals surface area contributed by atoms with Gasteiger partial charge in [0, 0.05) is 17.3 Å². The SMILES string of the molecule is COc1cc(NC(=O)N(S)C(=O)c2ccccc2)cc(-c2ccccc2)c1. The van der Waals surface area contributed by atoms with Gasteiger partial charge in [-0.15, -0.1) is 0 Å². The first kappa shape index (κ1) is 18.5. The van der Waals surface area contributed by atoms with Gasteiger partial charge >= 0.3 is 6.03 Å². The summed E-state index contributed by atoms with van der Waals surface area (Å²) in [6.45, 7) is 0. The van der Waals surface area contributed by atoms with Crippen molar-refractivity contribution in [3.05, 3.63) is 84.4 Å². The van der Waals surface area contributed by atoms with Gasteiger partial charge < -0.3 is 10.1 Å². The van der Waals surface area contributed by atoms with Crippen LogP contribution in [0.5, 0.6) is 5.75 Å². The number of carbonyl (C=O) groups is 2.